The van der Waals surface area contributed by atoms with E-state index in [4.69, 9.17) is 5.73 Å². The second-order valence-electron chi connectivity index (χ2n) is 2.43. The molecule has 0 saturated heterocycles. The molecule has 11 heavy (non-hydrogen) atoms. The van der Waals surface area contributed by atoms with Crippen LogP contribution >= 0.6 is 0 Å². The summed E-state index contributed by atoms with van der Waals surface area (Å²) < 4.78 is 23.7. The molecule has 0 heterocycles. The first-order valence-electron chi connectivity index (χ1n) is 3.91. The predicted octanol–water partition coefficient (Wildman–Crippen LogP) is 0.922. The van der Waals surface area contributed by atoms with Crippen molar-refractivity contribution in [1.82, 2.24) is 4.90 Å². The minimum Gasteiger partial charge on any atom is -0.330 e. The van der Waals surface area contributed by atoms with Crippen LogP contribution in [0.5, 0.6) is 0 Å². The maximum Gasteiger partial charge on any atom is 0.251 e. The minimum atomic E-state index is -2.23. The van der Waals surface area contributed by atoms with Crippen LogP contribution in [0.25, 0.3) is 0 Å². The number of nitrogens with zero attached hydrogens (tertiary/aromatic N) is 1. The van der Waals surface area contributed by atoms with Gasteiger partial charge >= 0.3 is 0 Å². The van der Waals surface area contributed by atoms with E-state index in [1.165, 1.54) is 0 Å². The van der Waals surface area contributed by atoms with Crippen molar-refractivity contribution in [2.75, 3.05) is 26.2 Å². The number of halogens is 2. The van der Waals surface area contributed by atoms with Crippen LogP contribution in [0.2, 0.25) is 0 Å². The SMILES string of the molecule is CCN(CCCN)CC(F)F. The predicted molar refractivity (Wildman–Crippen MR) is 41.8 cm³/mol. The maximum absolute atomic E-state index is 11.8. The highest BCUT2D eigenvalue weighted by Gasteiger charge is 2.08. The molecule has 0 aromatic rings. The maximum atomic E-state index is 11.8. The van der Waals surface area contributed by atoms with E-state index >= 15 is 0 Å². The van der Waals surface area contributed by atoms with Crippen LogP contribution in [0.3, 0.4) is 0 Å². The highest BCUT2D eigenvalue weighted by Crippen LogP contribution is 1.98. The van der Waals surface area contributed by atoms with Gasteiger partial charge in [-0.2, -0.15) is 0 Å². The van der Waals surface area contributed by atoms with Gasteiger partial charge in [-0.1, -0.05) is 6.92 Å². The first kappa shape index (κ1) is 10.8. The fourth-order valence-corrected chi connectivity index (χ4v) is 0.889. The van der Waals surface area contributed by atoms with Gasteiger partial charge in [-0.25, -0.2) is 8.78 Å². The van der Waals surface area contributed by atoms with Gasteiger partial charge in [0.05, 0.1) is 6.54 Å². The lowest BCUT2D eigenvalue weighted by molar-refractivity contribution is 0.0905. The third-order valence-corrected chi connectivity index (χ3v) is 1.52. The van der Waals surface area contributed by atoms with Crippen molar-refractivity contribution >= 4 is 0 Å². The highest BCUT2D eigenvalue weighted by molar-refractivity contribution is 4.56. The summed E-state index contributed by atoms with van der Waals surface area (Å²) in [6.07, 6.45) is -1.44. The Morgan fingerprint density at radius 2 is 2.09 bits per heavy atom. The molecule has 0 aliphatic rings. The van der Waals surface area contributed by atoms with Crippen molar-refractivity contribution in [3.8, 4) is 0 Å². The van der Waals surface area contributed by atoms with Gasteiger partial charge in [-0.15, -0.1) is 0 Å². The topological polar surface area (TPSA) is 29.3 Å². The van der Waals surface area contributed by atoms with Crippen LogP contribution in [0.15, 0.2) is 0 Å². The molecule has 2 nitrogen and oxygen atoms in total. The van der Waals surface area contributed by atoms with Gasteiger partial charge in [0.1, 0.15) is 0 Å². The zero-order chi connectivity index (χ0) is 8.69. The fraction of sp³-hybridized carbons (Fsp3) is 1.00. The zero-order valence-corrected chi connectivity index (χ0v) is 6.89. The normalized spacial score (nSPS) is 11.5. The van der Waals surface area contributed by atoms with Gasteiger partial charge in [0.15, 0.2) is 0 Å². The molecule has 0 saturated carbocycles. The van der Waals surface area contributed by atoms with Crippen molar-refractivity contribution in [3.63, 3.8) is 0 Å². The quantitative estimate of drug-likeness (QED) is 0.635. The first-order chi connectivity index (χ1) is 5.20. The molecule has 0 amide bonds. The summed E-state index contributed by atoms with van der Waals surface area (Å²) in [6, 6.07) is 0. The number of hydrogen-bond acceptors (Lipinski definition) is 2. The molecule has 4 heteroatoms. The standard InChI is InChI=1S/C7H16F2N2/c1-2-11(5-3-4-10)6-7(8)9/h7H,2-6,10H2,1H3. The highest BCUT2D eigenvalue weighted by atomic mass is 19.3. The molecule has 0 unspecified atom stereocenters. The van der Waals surface area contributed by atoms with E-state index in [0.717, 1.165) is 6.42 Å². The Kier molecular flexibility index (Phi) is 6.36. The number of alkyl halides is 2. The molecule has 2 N–H and O–H groups in total. The Bertz CT molecular complexity index is 88.5. The molecule has 0 fully saturated rings. The Balaban J connectivity index is 3.41. The second kappa shape index (κ2) is 6.49. The zero-order valence-electron chi connectivity index (χ0n) is 6.89. The molecule has 0 aliphatic carbocycles. The molecule has 0 aromatic carbocycles. The monoisotopic (exact) mass is 166 g/mol. The van der Waals surface area contributed by atoms with Crippen molar-refractivity contribution in [1.29, 1.82) is 0 Å². The molecule has 68 valence electrons. The van der Waals surface area contributed by atoms with Gasteiger partial charge in [0.25, 0.3) is 6.43 Å². The van der Waals surface area contributed by atoms with Crippen LogP contribution in [-0.2, 0) is 0 Å². The average Bonchev–Trinajstić information content (AvgIpc) is 1.97. The molecule has 0 aromatic heterocycles. The third-order valence-electron chi connectivity index (χ3n) is 1.52. The van der Waals surface area contributed by atoms with Gasteiger partial charge in [0.2, 0.25) is 0 Å². The van der Waals surface area contributed by atoms with E-state index in [0.29, 0.717) is 19.6 Å². The van der Waals surface area contributed by atoms with Crippen LogP contribution in [0.1, 0.15) is 13.3 Å². The summed E-state index contributed by atoms with van der Waals surface area (Å²) in [7, 11) is 0. The van der Waals surface area contributed by atoms with Crippen molar-refractivity contribution in [2.24, 2.45) is 5.73 Å². The number of hydrogen-bond donors (Lipinski definition) is 1. The molecule has 0 atom stereocenters. The molecular weight excluding hydrogens is 150 g/mol. The van der Waals surface area contributed by atoms with Gasteiger partial charge in [-0.3, -0.25) is 4.90 Å². The Morgan fingerprint density at radius 3 is 2.45 bits per heavy atom. The van der Waals surface area contributed by atoms with Gasteiger partial charge in [0, 0.05) is 0 Å². The van der Waals surface area contributed by atoms with E-state index in [2.05, 4.69) is 0 Å². The summed E-state index contributed by atoms with van der Waals surface area (Å²) in [4.78, 5) is 1.71. The van der Waals surface area contributed by atoms with E-state index in [9.17, 15) is 8.78 Å². The van der Waals surface area contributed by atoms with E-state index in [1.807, 2.05) is 6.92 Å². The summed E-state index contributed by atoms with van der Waals surface area (Å²) >= 11 is 0. The van der Waals surface area contributed by atoms with Crippen molar-refractivity contribution in [3.05, 3.63) is 0 Å². The second-order valence-corrected chi connectivity index (χ2v) is 2.43. The molecule has 0 spiro atoms. The van der Waals surface area contributed by atoms with Crippen molar-refractivity contribution < 1.29 is 8.78 Å². The van der Waals surface area contributed by atoms with Crippen LogP contribution in [-0.4, -0.2) is 37.5 Å². The molecule has 0 rings (SSSR count). The van der Waals surface area contributed by atoms with Crippen LogP contribution in [0.4, 0.5) is 8.78 Å². The van der Waals surface area contributed by atoms with E-state index in [-0.39, 0.29) is 6.54 Å². The summed E-state index contributed by atoms with van der Waals surface area (Å²) in [5.74, 6) is 0. The number of rotatable bonds is 6. The van der Waals surface area contributed by atoms with Crippen LogP contribution in [0, 0.1) is 0 Å². The lowest BCUT2D eigenvalue weighted by Gasteiger charge is -2.18. The first-order valence-corrected chi connectivity index (χ1v) is 3.91. The molecule has 0 radical (unpaired) electrons. The minimum absolute atomic E-state index is 0.128. The van der Waals surface area contributed by atoms with E-state index < -0.39 is 6.43 Å². The lowest BCUT2D eigenvalue weighted by atomic mass is 10.4. The summed E-state index contributed by atoms with van der Waals surface area (Å²) in [5, 5.41) is 0. The van der Waals surface area contributed by atoms with Crippen molar-refractivity contribution in [2.45, 2.75) is 19.8 Å². The molecule has 0 bridgehead atoms. The largest absolute Gasteiger partial charge is 0.330 e. The molecule has 0 aliphatic heterocycles. The summed E-state index contributed by atoms with van der Waals surface area (Å²) in [5.41, 5.74) is 5.25. The third kappa shape index (κ3) is 6.19. The molecular formula is C7H16F2N2. The Morgan fingerprint density at radius 1 is 1.45 bits per heavy atom. The smallest absolute Gasteiger partial charge is 0.251 e. The fourth-order valence-electron chi connectivity index (χ4n) is 0.889. The Labute approximate surface area is 66.4 Å². The average molecular weight is 166 g/mol. The summed E-state index contributed by atoms with van der Waals surface area (Å²) in [6.45, 7) is 3.66. The van der Waals surface area contributed by atoms with Gasteiger partial charge in [-0.05, 0) is 26.1 Å². The van der Waals surface area contributed by atoms with Crippen LogP contribution < -0.4 is 5.73 Å². The lowest BCUT2D eigenvalue weighted by Crippen LogP contribution is -2.30. The number of nitrogens with two attached hydrogens (primary N) is 1. The van der Waals surface area contributed by atoms with Gasteiger partial charge < -0.3 is 5.73 Å². The Hall–Kier alpha value is -0.220. The van der Waals surface area contributed by atoms with E-state index in [1.54, 1.807) is 4.90 Å².